The maximum Gasteiger partial charge on any atom is 0.314 e. The first kappa shape index (κ1) is 14.2. The van der Waals surface area contributed by atoms with Gasteiger partial charge in [-0.1, -0.05) is 32.8 Å². The fourth-order valence-corrected chi connectivity index (χ4v) is 3.80. The van der Waals surface area contributed by atoms with Crippen molar-refractivity contribution in [3.63, 3.8) is 0 Å². The molecule has 21 heavy (non-hydrogen) atoms. The number of carbonyl (C=O) groups is 1. The third-order valence-corrected chi connectivity index (χ3v) is 5.36. The first-order valence-electron chi connectivity index (χ1n) is 7.69. The van der Waals surface area contributed by atoms with Crippen molar-refractivity contribution in [3.05, 3.63) is 23.8 Å². The lowest BCUT2D eigenvalue weighted by molar-refractivity contribution is -0.155. The number of fused-ring (bicyclic) bond motifs is 1. The number of ether oxygens (including phenoxy) is 2. The van der Waals surface area contributed by atoms with Crippen molar-refractivity contribution in [2.45, 2.75) is 44.9 Å². The normalized spacial score (nSPS) is 21.4. The number of benzene rings is 1. The summed E-state index contributed by atoms with van der Waals surface area (Å²) in [7, 11) is 0. The van der Waals surface area contributed by atoms with Crippen LogP contribution in [0.25, 0.3) is 0 Å². The third-order valence-electron chi connectivity index (χ3n) is 5.36. The molecule has 1 heterocycles. The Labute approximate surface area is 125 Å². The van der Waals surface area contributed by atoms with Gasteiger partial charge in [0.1, 0.15) is 13.2 Å². The van der Waals surface area contributed by atoms with E-state index >= 15 is 0 Å². The predicted octanol–water partition coefficient (Wildman–Crippen LogP) is 3.38. The molecular weight excluding hydrogens is 268 g/mol. The van der Waals surface area contributed by atoms with E-state index in [0.29, 0.717) is 37.6 Å². The van der Waals surface area contributed by atoms with Gasteiger partial charge in [0.05, 0.1) is 5.41 Å². The molecule has 4 heteroatoms. The van der Waals surface area contributed by atoms with E-state index in [0.717, 1.165) is 18.4 Å². The van der Waals surface area contributed by atoms with E-state index in [1.165, 1.54) is 0 Å². The SMILES string of the molecule is CCC1(CC)CC(C(=O)O)(c2ccc3c(c2)OCCO3)C1. The minimum atomic E-state index is -0.762. The van der Waals surface area contributed by atoms with Gasteiger partial charge in [0.25, 0.3) is 0 Å². The Morgan fingerprint density at radius 2 is 1.76 bits per heavy atom. The predicted molar refractivity (Wildman–Crippen MR) is 79.0 cm³/mol. The zero-order valence-corrected chi connectivity index (χ0v) is 12.6. The molecule has 0 aromatic heterocycles. The average Bonchev–Trinajstić information content (AvgIpc) is 2.47. The van der Waals surface area contributed by atoms with Crippen LogP contribution in [0.5, 0.6) is 11.5 Å². The number of hydrogen-bond donors (Lipinski definition) is 1. The summed E-state index contributed by atoms with van der Waals surface area (Å²) < 4.78 is 11.1. The minimum Gasteiger partial charge on any atom is -0.486 e. The topological polar surface area (TPSA) is 55.8 Å². The van der Waals surface area contributed by atoms with Crippen molar-refractivity contribution in [1.82, 2.24) is 0 Å². The van der Waals surface area contributed by atoms with Gasteiger partial charge in [0.2, 0.25) is 0 Å². The van der Waals surface area contributed by atoms with E-state index in [2.05, 4.69) is 13.8 Å². The second-order valence-electron chi connectivity index (χ2n) is 6.31. The van der Waals surface area contributed by atoms with Crippen LogP contribution in [-0.2, 0) is 10.2 Å². The molecule has 1 aliphatic carbocycles. The van der Waals surface area contributed by atoms with Crippen molar-refractivity contribution in [2.75, 3.05) is 13.2 Å². The van der Waals surface area contributed by atoms with Crippen LogP contribution in [0.15, 0.2) is 18.2 Å². The van der Waals surface area contributed by atoms with Gasteiger partial charge < -0.3 is 14.6 Å². The molecule has 0 amide bonds. The van der Waals surface area contributed by atoms with Crippen LogP contribution in [-0.4, -0.2) is 24.3 Å². The summed E-state index contributed by atoms with van der Waals surface area (Å²) in [5, 5.41) is 9.79. The quantitative estimate of drug-likeness (QED) is 0.923. The van der Waals surface area contributed by atoms with E-state index < -0.39 is 11.4 Å². The lowest BCUT2D eigenvalue weighted by Gasteiger charge is -2.54. The number of carboxylic acid groups (broad SMARTS) is 1. The number of carboxylic acids is 1. The minimum absolute atomic E-state index is 0.172. The molecule has 1 aliphatic heterocycles. The smallest absolute Gasteiger partial charge is 0.314 e. The number of aliphatic carboxylic acids is 1. The maximum atomic E-state index is 11.9. The Kier molecular flexibility index (Phi) is 3.34. The van der Waals surface area contributed by atoms with Gasteiger partial charge in [-0.2, -0.15) is 0 Å². The van der Waals surface area contributed by atoms with Crippen molar-refractivity contribution in [2.24, 2.45) is 5.41 Å². The first-order chi connectivity index (χ1) is 10.1. The Morgan fingerprint density at radius 3 is 2.33 bits per heavy atom. The summed E-state index contributed by atoms with van der Waals surface area (Å²) in [4.78, 5) is 11.9. The average molecular weight is 290 g/mol. The molecule has 0 saturated heterocycles. The summed E-state index contributed by atoms with van der Waals surface area (Å²) in [6, 6.07) is 5.58. The van der Waals surface area contributed by atoms with Crippen molar-refractivity contribution >= 4 is 5.97 Å². The number of rotatable bonds is 4. The summed E-state index contributed by atoms with van der Waals surface area (Å²) in [6.45, 7) is 5.37. The summed E-state index contributed by atoms with van der Waals surface area (Å²) in [5.41, 5.74) is 0.254. The van der Waals surface area contributed by atoms with Crippen LogP contribution in [0.3, 0.4) is 0 Å². The summed E-state index contributed by atoms with van der Waals surface area (Å²) in [5.74, 6) is 0.656. The Balaban J connectivity index is 1.95. The van der Waals surface area contributed by atoms with E-state index in [4.69, 9.17) is 9.47 Å². The zero-order chi connectivity index (χ0) is 15.1. The fourth-order valence-electron chi connectivity index (χ4n) is 3.80. The molecule has 1 fully saturated rings. The molecule has 114 valence electrons. The molecule has 0 atom stereocenters. The van der Waals surface area contributed by atoms with Crippen LogP contribution >= 0.6 is 0 Å². The molecule has 1 saturated carbocycles. The second kappa shape index (κ2) is 4.93. The summed E-state index contributed by atoms with van der Waals surface area (Å²) in [6.07, 6.45) is 3.48. The van der Waals surface area contributed by atoms with Crippen molar-refractivity contribution < 1.29 is 19.4 Å². The van der Waals surface area contributed by atoms with Crippen molar-refractivity contribution in [3.8, 4) is 11.5 Å². The van der Waals surface area contributed by atoms with Crippen molar-refractivity contribution in [1.29, 1.82) is 0 Å². The highest BCUT2D eigenvalue weighted by atomic mass is 16.6. The molecule has 3 rings (SSSR count). The highest BCUT2D eigenvalue weighted by Gasteiger charge is 2.58. The molecule has 0 radical (unpaired) electrons. The molecule has 2 aliphatic rings. The highest BCUT2D eigenvalue weighted by molar-refractivity contribution is 5.83. The van der Waals surface area contributed by atoms with E-state index in [1.54, 1.807) is 0 Å². The van der Waals surface area contributed by atoms with Gasteiger partial charge in [-0.25, -0.2) is 0 Å². The van der Waals surface area contributed by atoms with Gasteiger partial charge in [0.15, 0.2) is 11.5 Å². The van der Waals surface area contributed by atoms with Gasteiger partial charge in [-0.15, -0.1) is 0 Å². The standard InChI is InChI=1S/C17H22O4/c1-3-16(4-2)10-17(11-16,15(18)19)12-5-6-13-14(9-12)21-8-7-20-13/h5-6,9H,3-4,7-8,10-11H2,1-2H3,(H,18,19). The fraction of sp³-hybridized carbons (Fsp3) is 0.588. The molecule has 0 unspecified atom stereocenters. The van der Waals surface area contributed by atoms with Crippen LogP contribution in [0.1, 0.15) is 45.1 Å². The zero-order valence-electron chi connectivity index (χ0n) is 12.6. The largest absolute Gasteiger partial charge is 0.486 e. The molecule has 1 N–H and O–H groups in total. The van der Waals surface area contributed by atoms with E-state index in [-0.39, 0.29) is 5.41 Å². The Hall–Kier alpha value is -1.71. The highest BCUT2D eigenvalue weighted by Crippen LogP contribution is 2.60. The molecular formula is C17H22O4. The van der Waals surface area contributed by atoms with Gasteiger partial charge in [0, 0.05) is 0 Å². The molecule has 4 nitrogen and oxygen atoms in total. The van der Waals surface area contributed by atoms with Crippen LogP contribution in [0.4, 0.5) is 0 Å². The first-order valence-corrected chi connectivity index (χ1v) is 7.69. The third kappa shape index (κ3) is 2.08. The molecule has 1 aromatic carbocycles. The van der Waals surface area contributed by atoms with Gasteiger partial charge >= 0.3 is 5.97 Å². The molecule has 0 spiro atoms. The Morgan fingerprint density at radius 1 is 1.14 bits per heavy atom. The Bertz CT molecular complexity index is 552. The lowest BCUT2D eigenvalue weighted by atomic mass is 9.48. The van der Waals surface area contributed by atoms with E-state index in [9.17, 15) is 9.90 Å². The van der Waals surface area contributed by atoms with E-state index in [1.807, 2.05) is 18.2 Å². The van der Waals surface area contributed by atoms with Gasteiger partial charge in [-0.3, -0.25) is 4.79 Å². The lowest BCUT2D eigenvalue weighted by Crippen LogP contribution is -2.54. The maximum absolute atomic E-state index is 11.9. The number of hydrogen-bond acceptors (Lipinski definition) is 3. The monoisotopic (exact) mass is 290 g/mol. The van der Waals surface area contributed by atoms with Crippen LogP contribution < -0.4 is 9.47 Å². The van der Waals surface area contributed by atoms with Gasteiger partial charge in [-0.05, 0) is 36.0 Å². The van der Waals surface area contributed by atoms with Crippen LogP contribution in [0.2, 0.25) is 0 Å². The molecule has 0 bridgehead atoms. The second-order valence-corrected chi connectivity index (χ2v) is 6.31. The molecule has 1 aromatic rings. The summed E-state index contributed by atoms with van der Waals surface area (Å²) >= 11 is 0. The van der Waals surface area contributed by atoms with Crippen LogP contribution in [0, 0.1) is 5.41 Å².